The Bertz CT molecular complexity index is 1130. The normalized spacial score (nSPS) is 22.1. The molecule has 0 N–H and O–H groups in total. The van der Waals surface area contributed by atoms with Crippen LogP contribution in [0.15, 0.2) is 54.6 Å². The average Bonchev–Trinajstić information content (AvgIpc) is 3.03. The Morgan fingerprint density at radius 2 is 1.61 bits per heavy atom. The Morgan fingerprint density at radius 1 is 1.03 bits per heavy atom. The van der Waals surface area contributed by atoms with Crippen molar-refractivity contribution >= 4 is 23.4 Å². The first-order valence-electron chi connectivity index (χ1n) is 11.3. The average molecular weight is 444 g/mol. The Kier molecular flexibility index (Phi) is 5.40. The summed E-state index contributed by atoms with van der Waals surface area (Å²) in [6.45, 7) is 10.2. The molecule has 0 radical (unpaired) electrons. The zero-order valence-electron chi connectivity index (χ0n) is 19.7. The van der Waals surface area contributed by atoms with E-state index in [9.17, 15) is 14.4 Å². The van der Waals surface area contributed by atoms with Crippen LogP contribution < -0.4 is 4.90 Å². The second-order valence-corrected chi connectivity index (χ2v) is 10.2. The molecule has 3 amide bonds. The SMILES string of the molecule is CC(c1ccccc1)N(C(=O)C1C(C)(C)C1(C)C)C1CC(=O)N(c2ccc(C#N)cc2)C1=O. The van der Waals surface area contributed by atoms with Gasteiger partial charge in [-0.2, -0.15) is 5.26 Å². The van der Waals surface area contributed by atoms with E-state index in [0.29, 0.717) is 11.3 Å². The molecule has 2 aromatic carbocycles. The molecule has 0 aromatic heterocycles. The van der Waals surface area contributed by atoms with Crippen molar-refractivity contribution in [2.75, 3.05) is 4.90 Å². The van der Waals surface area contributed by atoms with Crippen LogP contribution in [0.25, 0.3) is 0 Å². The largest absolute Gasteiger partial charge is 0.323 e. The molecule has 2 fully saturated rings. The fourth-order valence-corrected chi connectivity index (χ4v) is 5.26. The number of benzene rings is 2. The van der Waals surface area contributed by atoms with Crippen molar-refractivity contribution in [2.24, 2.45) is 16.7 Å². The summed E-state index contributed by atoms with van der Waals surface area (Å²) < 4.78 is 0. The third-order valence-corrected chi connectivity index (χ3v) is 7.93. The van der Waals surface area contributed by atoms with Gasteiger partial charge >= 0.3 is 0 Å². The number of nitrogens with zero attached hydrogens (tertiary/aromatic N) is 3. The van der Waals surface area contributed by atoms with Crippen LogP contribution in [0, 0.1) is 28.1 Å². The molecule has 2 atom stereocenters. The minimum absolute atomic E-state index is 0.0602. The highest BCUT2D eigenvalue weighted by Gasteiger charge is 2.69. The lowest BCUT2D eigenvalue weighted by Crippen LogP contribution is -2.48. The molecule has 1 aliphatic carbocycles. The molecule has 2 aliphatic rings. The van der Waals surface area contributed by atoms with Crippen molar-refractivity contribution in [1.82, 2.24) is 4.90 Å². The summed E-state index contributed by atoms with van der Waals surface area (Å²) in [6.07, 6.45) is -0.0602. The third-order valence-electron chi connectivity index (χ3n) is 7.93. The van der Waals surface area contributed by atoms with E-state index < -0.39 is 11.9 Å². The van der Waals surface area contributed by atoms with Gasteiger partial charge in [0.15, 0.2) is 0 Å². The zero-order chi connectivity index (χ0) is 24.1. The van der Waals surface area contributed by atoms with Crippen LogP contribution >= 0.6 is 0 Å². The van der Waals surface area contributed by atoms with Gasteiger partial charge in [0, 0.05) is 5.92 Å². The van der Waals surface area contributed by atoms with Gasteiger partial charge in [-0.05, 0) is 47.6 Å². The van der Waals surface area contributed by atoms with Crippen LogP contribution in [0.1, 0.15) is 58.2 Å². The number of carbonyl (C=O) groups is 3. The summed E-state index contributed by atoms with van der Waals surface area (Å²) in [5.41, 5.74) is 1.38. The first-order valence-corrected chi connectivity index (χ1v) is 11.3. The molecule has 4 rings (SSSR count). The Balaban J connectivity index is 1.71. The molecule has 6 heteroatoms. The van der Waals surface area contributed by atoms with E-state index in [-0.39, 0.29) is 41.0 Å². The van der Waals surface area contributed by atoms with Crippen LogP contribution in [-0.4, -0.2) is 28.7 Å². The number of carbonyl (C=O) groups excluding carboxylic acids is 3. The predicted octanol–water partition coefficient (Wildman–Crippen LogP) is 4.46. The van der Waals surface area contributed by atoms with Gasteiger partial charge in [-0.25, -0.2) is 4.90 Å². The number of amides is 3. The van der Waals surface area contributed by atoms with E-state index in [0.717, 1.165) is 10.5 Å². The minimum atomic E-state index is -0.872. The molecule has 1 aliphatic heterocycles. The molecule has 0 bridgehead atoms. The highest BCUT2D eigenvalue weighted by Crippen LogP contribution is 2.69. The molecule has 1 saturated carbocycles. The van der Waals surface area contributed by atoms with Crippen LogP contribution in [0.4, 0.5) is 5.69 Å². The maximum absolute atomic E-state index is 13.9. The maximum atomic E-state index is 13.9. The summed E-state index contributed by atoms with van der Waals surface area (Å²) in [6, 6.07) is 16.7. The topological polar surface area (TPSA) is 81.5 Å². The number of hydrogen-bond acceptors (Lipinski definition) is 4. The first-order chi connectivity index (χ1) is 15.5. The van der Waals surface area contributed by atoms with Crippen molar-refractivity contribution in [2.45, 2.75) is 53.1 Å². The number of imide groups is 1. The van der Waals surface area contributed by atoms with Crippen molar-refractivity contribution < 1.29 is 14.4 Å². The van der Waals surface area contributed by atoms with E-state index in [1.807, 2.05) is 43.3 Å². The number of hydrogen-bond donors (Lipinski definition) is 0. The molecular formula is C27H29N3O3. The van der Waals surface area contributed by atoms with Crippen LogP contribution in [0.2, 0.25) is 0 Å². The monoisotopic (exact) mass is 443 g/mol. The van der Waals surface area contributed by atoms with Crippen molar-refractivity contribution in [1.29, 1.82) is 5.26 Å². The summed E-state index contributed by atoms with van der Waals surface area (Å²) in [7, 11) is 0. The van der Waals surface area contributed by atoms with E-state index in [4.69, 9.17) is 5.26 Å². The van der Waals surface area contributed by atoms with Crippen molar-refractivity contribution in [3.05, 3.63) is 65.7 Å². The van der Waals surface area contributed by atoms with Crippen molar-refractivity contribution in [3.8, 4) is 6.07 Å². The third kappa shape index (κ3) is 3.52. The highest BCUT2D eigenvalue weighted by molar-refractivity contribution is 6.23. The minimum Gasteiger partial charge on any atom is -0.323 e. The fourth-order valence-electron chi connectivity index (χ4n) is 5.26. The van der Waals surface area contributed by atoms with Crippen LogP contribution in [0.5, 0.6) is 0 Å². The van der Waals surface area contributed by atoms with Gasteiger partial charge in [-0.1, -0.05) is 58.0 Å². The quantitative estimate of drug-likeness (QED) is 0.639. The Labute approximate surface area is 194 Å². The second kappa shape index (κ2) is 7.84. The van der Waals surface area contributed by atoms with E-state index in [1.54, 1.807) is 29.2 Å². The smallest absolute Gasteiger partial charge is 0.257 e. The Morgan fingerprint density at radius 3 is 2.12 bits per heavy atom. The lowest BCUT2D eigenvalue weighted by molar-refractivity contribution is -0.143. The van der Waals surface area contributed by atoms with Gasteiger partial charge in [0.05, 0.1) is 29.8 Å². The second-order valence-electron chi connectivity index (χ2n) is 10.2. The predicted molar refractivity (Wildman–Crippen MR) is 125 cm³/mol. The summed E-state index contributed by atoms with van der Waals surface area (Å²) >= 11 is 0. The maximum Gasteiger partial charge on any atom is 0.257 e. The lowest BCUT2D eigenvalue weighted by atomic mass is 10.0. The molecule has 1 saturated heterocycles. The molecule has 170 valence electrons. The van der Waals surface area contributed by atoms with E-state index in [2.05, 4.69) is 27.7 Å². The molecule has 0 spiro atoms. The lowest BCUT2D eigenvalue weighted by Gasteiger charge is -2.34. The summed E-state index contributed by atoms with van der Waals surface area (Å²) in [5, 5.41) is 9.04. The van der Waals surface area contributed by atoms with E-state index in [1.165, 1.54) is 0 Å². The molecule has 2 unspecified atom stereocenters. The first kappa shape index (κ1) is 22.7. The summed E-state index contributed by atoms with van der Waals surface area (Å²) in [4.78, 5) is 43.3. The standard InChI is InChI=1S/C27H29N3O3/c1-17(19-9-7-6-8-10-19)29(25(33)23-26(2,3)27(23,4)5)21-15-22(31)30(24(21)32)20-13-11-18(16-28)12-14-20/h6-14,17,21,23H,15H2,1-5H3. The van der Waals surface area contributed by atoms with Crippen molar-refractivity contribution in [3.63, 3.8) is 0 Å². The van der Waals surface area contributed by atoms with Gasteiger partial charge < -0.3 is 4.90 Å². The van der Waals surface area contributed by atoms with Gasteiger partial charge in [0.1, 0.15) is 6.04 Å². The molecule has 33 heavy (non-hydrogen) atoms. The molecule has 1 heterocycles. The highest BCUT2D eigenvalue weighted by atomic mass is 16.2. The molecule has 6 nitrogen and oxygen atoms in total. The van der Waals surface area contributed by atoms with Gasteiger partial charge in [-0.3, -0.25) is 14.4 Å². The molecule has 2 aromatic rings. The van der Waals surface area contributed by atoms with Crippen LogP contribution in [-0.2, 0) is 14.4 Å². The van der Waals surface area contributed by atoms with E-state index >= 15 is 0 Å². The van der Waals surface area contributed by atoms with Gasteiger partial charge in [0.25, 0.3) is 5.91 Å². The number of nitriles is 1. The summed E-state index contributed by atoms with van der Waals surface area (Å²) in [5.74, 6) is -1.07. The fraction of sp³-hybridized carbons (Fsp3) is 0.407. The van der Waals surface area contributed by atoms with Gasteiger partial charge in [0.2, 0.25) is 11.8 Å². The Hall–Kier alpha value is -3.46. The zero-order valence-corrected chi connectivity index (χ0v) is 19.7. The van der Waals surface area contributed by atoms with Crippen LogP contribution in [0.3, 0.4) is 0 Å². The number of rotatable bonds is 5. The molecular weight excluding hydrogens is 414 g/mol. The number of anilines is 1. The van der Waals surface area contributed by atoms with Gasteiger partial charge in [-0.15, -0.1) is 0 Å².